The van der Waals surface area contributed by atoms with E-state index in [1.54, 1.807) is 25.1 Å². The number of benzene rings is 2. The van der Waals surface area contributed by atoms with Crippen LogP contribution in [0.15, 0.2) is 64.2 Å². The normalized spacial score (nSPS) is 15.2. The zero-order valence-electron chi connectivity index (χ0n) is 21.9. The van der Waals surface area contributed by atoms with Crippen LogP contribution in [0.5, 0.6) is 5.75 Å². The van der Waals surface area contributed by atoms with Crippen LogP contribution in [0.3, 0.4) is 0 Å². The summed E-state index contributed by atoms with van der Waals surface area (Å²) in [5, 5.41) is 21.3. The van der Waals surface area contributed by atoms with Gasteiger partial charge in [-0.05, 0) is 55.7 Å². The van der Waals surface area contributed by atoms with Gasteiger partial charge in [0.2, 0.25) is 10.9 Å². The van der Waals surface area contributed by atoms with Gasteiger partial charge in [-0.1, -0.05) is 65.9 Å². The first-order valence-electron chi connectivity index (χ1n) is 12.5. The number of Topliss-reactive ketones (excluding diaryl/α,β-unsaturated/α-hetero) is 1. The topological polar surface area (TPSA) is 106 Å². The fraction of sp³-hybridized carbons (Fsp3) is 0.250. The van der Waals surface area contributed by atoms with Gasteiger partial charge < -0.3 is 9.84 Å². The molecular weight excluding hydrogens is 588 g/mol. The van der Waals surface area contributed by atoms with Crippen molar-refractivity contribution in [2.24, 2.45) is 0 Å². The number of ketones is 1. The molecule has 0 radical (unpaired) electrons. The van der Waals surface area contributed by atoms with E-state index in [0.717, 1.165) is 17.0 Å². The van der Waals surface area contributed by atoms with Crippen LogP contribution >= 0.6 is 46.0 Å². The standard InChI is InChI=1S/C28H25ClN4O4S3/c1-4-12-37-20-7-5-6-18(13-20)22-21(23(34)25-15(2)30-16(3)39-25)24(35)26(36)33(22)27-31-32-28(40-27)38-14-17-8-10-19(29)11-9-17/h5-11,13,22,35H,4,12,14H2,1-3H3. The highest BCUT2D eigenvalue weighted by atomic mass is 35.5. The molecule has 2 aromatic carbocycles. The molecule has 0 spiro atoms. The third-order valence-corrected chi connectivity index (χ3v) is 9.54. The molecule has 1 aliphatic rings. The van der Waals surface area contributed by atoms with Crippen molar-refractivity contribution in [2.75, 3.05) is 11.5 Å². The summed E-state index contributed by atoms with van der Waals surface area (Å²) in [6, 6.07) is 13.8. The van der Waals surface area contributed by atoms with Crippen molar-refractivity contribution < 1.29 is 19.4 Å². The highest BCUT2D eigenvalue weighted by Crippen LogP contribution is 2.45. The molecule has 5 rings (SSSR count). The summed E-state index contributed by atoms with van der Waals surface area (Å²) in [6.07, 6.45) is 0.827. The molecule has 1 unspecified atom stereocenters. The Kier molecular flexibility index (Phi) is 8.55. The summed E-state index contributed by atoms with van der Waals surface area (Å²) in [4.78, 5) is 33.5. The first kappa shape index (κ1) is 28.3. The second-order valence-corrected chi connectivity index (χ2v) is 12.8. The second-order valence-electron chi connectivity index (χ2n) is 9.00. The Morgan fingerprint density at radius 2 is 1.93 bits per heavy atom. The summed E-state index contributed by atoms with van der Waals surface area (Å²) >= 11 is 9.92. The van der Waals surface area contributed by atoms with Gasteiger partial charge in [-0.25, -0.2) is 4.98 Å². The predicted octanol–water partition coefficient (Wildman–Crippen LogP) is 7.13. The van der Waals surface area contributed by atoms with E-state index < -0.39 is 23.5 Å². The van der Waals surface area contributed by atoms with Gasteiger partial charge in [0.25, 0.3) is 5.91 Å². The fourth-order valence-electron chi connectivity index (χ4n) is 4.29. The number of aliphatic hydroxyl groups excluding tert-OH is 1. The highest BCUT2D eigenvalue weighted by Gasteiger charge is 2.46. The van der Waals surface area contributed by atoms with Gasteiger partial charge >= 0.3 is 0 Å². The van der Waals surface area contributed by atoms with Crippen molar-refractivity contribution in [3.05, 3.63) is 91.6 Å². The maximum Gasteiger partial charge on any atom is 0.296 e. The van der Waals surface area contributed by atoms with Gasteiger partial charge in [0.1, 0.15) is 5.75 Å². The number of carbonyl (C=O) groups excluding carboxylic acids is 2. The molecule has 1 N–H and O–H groups in total. The molecule has 0 saturated heterocycles. The summed E-state index contributed by atoms with van der Waals surface area (Å²) in [7, 11) is 0. The maximum atomic E-state index is 13.8. The van der Waals surface area contributed by atoms with Crippen LogP contribution in [-0.4, -0.2) is 38.6 Å². The van der Waals surface area contributed by atoms with E-state index >= 15 is 0 Å². The Labute approximate surface area is 248 Å². The SMILES string of the molecule is CCCOc1cccc(C2C(C(=O)c3sc(C)nc3C)=C(O)C(=O)N2c2nnc(SCc3ccc(Cl)cc3)s2)c1. The number of thiazole rings is 1. The molecule has 0 bridgehead atoms. The van der Waals surface area contributed by atoms with Crippen LogP contribution in [0.1, 0.15) is 50.9 Å². The van der Waals surface area contributed by atoms with Crippen molar-refractivity contribution >= 4 is 62.9 Å². The summed E-state index contributed by atoms with van der Waals surface area (Å²) in [6.45, 7) is 6.08. The van der Waals surface area contributed by atoms with E-state index in [-0.39, 0.29) is 10.7 Å². The Balaban J connectivity index is 1.51. The van der Waals surface area contributed by atoms with E-state index in [1.807, 2.05) is 44.2 Å². The number of nitrogens with zero attached hydrogens (tertiary/aromatic N) is 4. The molecular formula is C28H25ClN4O4S3. The first-order valence-corrected chi connectivity index (χ1v) is 15.5. The number of ether oxygens (including phenoxy) is 1. The number of carbonyl (C=O) groups is 2. The average molecular weight is 613 g/mol. The third-order valence-electron chi connectivity index (χ3n) is 6.09. The molecule has 0 fully saturated rings. The molecule has 0 aliphatic carbocycles. The first-order chi connectivity index (χ1) is 19.3. The van der Waals surface area contributed by atoms with Gasteiger partial charge in [-0.3, -0.25) is 14.5 Å². The number of anilines is 1. The van der Waals surface area contributed by atoms with Gasteiger partial charge in [0.15, 0.2) is 10.1 Å². The number of aryl methyl sites for hydroxylation is 2. The Hall–Kier alpha value is -3.25. The molecule has 1 atom stereocenters. The zero-order valence-corrected chi connectivity index (χ0v) is 25.1. The molecule has 0 saturated carbocycles. The van der Waals surface area contributed by atoms with Gasteiger partial charge in [-0.2, -0.15) is 0 Å². The number of amides is 1. The molecule has 2 aromatic heterocycles. The number of rotatable bonds is 10. The Morgan fingerprint density at radius 3 is 2.62 bits per heavy atom. The van der Waals surface area contributed by atoms with E-state index in [2.05, 4.69) is 15.2 Å². The molecule has 4 aromatic rings. The lowest BCUT2D eigenvalue weighted by atomic mass is 9.95. The van der Waals surface area contributed by atoms with Crippen LogP contribution in [0.2, 0.25) is 5.02 Å². The van der Waals surface area contributed by atoms with Gasteiger partial charge in [0, 0.05) is 10.8 Å². The number of aromatic nitrogens is 3. The van der Waals surface area contributed by atoms with E-state index in [9.17, 15) is 14.7 Å². The molecule has 12 heteroatoms. The minimum Gasteiger partial charge on any atom is -0.503 e. The molecule has 40 heavy (non-hydrogen) atoms. The van der Waals surface area contributed by atoms with E-state index in [0.29, 0.717) is 43.6 Å². The molecule has 1 amide bonds. The van der Waals surface area contributed by atoms with Crippen molar-refractivity contribution in [1.82, 2.24) is 15.2 Å². The van der Waals surface area contributed by atoms with Crippen LogP contribution in [-0.2, 0) is 10.5 Å². The Morgan fingerprint density at radius 1 is 1.15 bits per heavy atom. The second kappa shape index (κ2) is 12.1. The van der Waals surface area contributed by atoms with Crippen LogP contribution in [0, 0.1) is 13.8 Å². The number of hydrogen-bond donors (Lipinski definition) is 1. The van der Waals surface area contributed by atoms with E-state index in [4.69, 9.17) is 16.3 Å². The predicted molar refractivity (Wildman–Crippen MR) is 159 cm³/mol. The van der Waals surface area contributed by atoms with Crippen molar-refractivity contribution in [1.29, 1.82) is 0 Å². The van der Waals surface area contributed by atoms with Crippen molar-refractivity contribution in [3.8, 4) is 5.75 Å². The monoisotopic (exact) mass is 612 g/mol. The number of halogens is 1. The summed E-state index contributed by atoms with van der Waals surface area (Å²) in [5.41, 5.74) is 2.20. The Bertz CT molecular complexity index is 1600. The van der Waals surface area contributed by atoms with Gasteiger partial charge in [0.05, 0.1) is 33.8 Å². The molecule has 206 valence electrons. The lowest BCUT2D eigenvalue weighted by molar-refractivity contribution is -0.117. The maximum absolute atomic E-state index is 13.8. The van der Waals surface area contributed by atoms with E-state index in [1.165, 1.54) is 39.3 Å². The number of hydrogen-bond acceptors (Lipinski definition) is 10. The molecule has 1 aliphatic heterocycles. The van der Waals surface area contributed by atoms with Crippen molar-refractivity contribution in [3.63, 3.8) is 0 Å². The minimum absolute atomic E-state index is 0.0186. The largest absolute Gasteiger partial charge is 0.503 e. The van der Waals surface area contributed by atoms with Crippen molar-refractivity contribution in [2.45, 2.75) is 43.3 Å². The smallest absolute Gasteiger partial charge is 0.296 e. The summed E-state index contributed by atoms with van der Waals surface area (Å²) < 4.78 is 6.47. The van der Waals surface area contributed by atoms with Crippen LogP contribution in [0.4, 0.5) is 5.13 Å². The zero-order chi connectivity index (χ0) is 28.4. The minimum atomic E-state index is -0.922. The van der Waals surface area contributed by atoms with Crippen LogP contribution < -0.4 is 9.64 Å². The molecule has 3 heterocycles. The average Bonchev–Trinajstić information content (AvgIpc) is 3.62. The lowest BCUT2D eigenvalue weighted by Gasteiger charge is -2.24. The fourth-order valence-corrected chi connectivity index (χ4v) is 7.12. The third kappa shape index (κ3) is 5.78. The van der Waals surface area contributed by atoms with Crippen LogP contribution in [0.25, 0.3) is 0 Å². The summed E-state index contributed by atoms with van der Waals surface area (Å²) in [5.74, 6) is -0.519. The quantitative estimate of drug-likeness (QED) is 0.115. The lowest BCUT2D eigenvalue weighted by Crippen LogP contribution is -2.31. The van der Waals surface area contributed by atoms with Gasteiger partial charge in [-0.15, -0.1) is 21.5 Å². The highest BCUT2D eigenvalue weighted by molar-refractivity contribution is 8.00. The number of thioether (sulfide) groups is 1. The number of aliphatic hydroxyl groups is 1. The molecule has 8 nitrogen and oxygen atoms in total.